The molecule has 0 aliphatic heterocycles. The van der Waals surface area contributed by atoms with Crippen molar-refractivity contribution in [2.45, 2.75) is 0 Å². The number of anilines is 2. The Labute approximate surface area is 190 Å². The number of hydrogen-bond donors (Lipinski definition) is 1. The first kappa shape index (κ1) is 18.9. The summed E-state index contributed by atoms with van der Waals surface area (Å²) in [4.78, 5) is 0. The molecule has 30 heavy (non-hydrogen) atoms. The van der Waals surface area contributed by atoms with Crippen LogP contribution in [0.4, 0.5) is 11.4 Å². The second kappa shape index (κ2) is 8.33. The predicted octanol–water partition coefficient (Wildman–Crippen LogP) is 8.52. The van der Waals surface area contributed by atoms with Crippen LogP contribution in [-0.2, 0) is 0 Å². The quantitative estimate of drug-likeness (QED) is 0.246. The molecule has 0 radical (unpaired) electrons. The van der Waals surface area contributed by atoms with E-state index in [1.54, 1.807) is 0 Å². The molecule has 0 bridgehead atoms. The molecule has 0 aliphatic rings. The van der Waals surface area contributed by atoms with Gasteiger partial charge in [0.25, 0.3) is 0 Å². The lowest BCUT2D eigenvalue weighted by Crippen LogP contribution is -1.90. The summed E-state index contributed by atoms with van der Waals surface area (Å²) in [6.45, 7) is 0. The average Bonchev–Trinajstić information content (AvgIpc) is 2.81. The fraction of sp³-hybridized carbons (Fsp3) is 0. The average molecular weight is 497 g/mol. The molecule has 0 saturated heterocycles. The first-order valence-electron chi connectivity index (χ1n) is 9.97. The van der Waals surface area contributed by atoms with E-state index < -0.39 is 0 Å². The Bertz CT molecular complexity index is 1280. The topological polar surface area (TPSA) is 12.0 Å². The first-order chi connectivity index (χ1) is 14.8. The Morgan fingerprint density at radius 1 is 0.467 bits per heavy atom. The molecule has 0 unspecified atom stereocenters. The van der Waals surface area contributed by atoms with Crippen LogP contribution in [0.1, 0.15) is 0 Å². The molecule has 0 aromatic heterocycles. The minimum absolute atomic E-state index is 1.09. The van der Waals surface area contributed by atoms with E-state index in [1.165, 1.54) is 36.6 Å². The fourth-order valence-corrected chi connectivity index (χ4v) is 4.12. The molecule has 0 saturated carbocycles. The highest BCUT2D eigenvalue weighted by atomic mass is 127. The first-order valence-corrected chi connectivity index (χ1v) is 11.1. The van der Waals surface area contributed by atoms with Crippen molar-refractivity contribution in [3.05, 3.63) is 119 Å². The number of benzene rings is 5. The molecule has 0 spiro atoms. The molecule has 144 valence electrons. The van der Waals surface area contributed by atoms with Gasteiger partial charge in [-0.25, -0.2) is 0 Å². The van der Waals surface area contributed by atoms with Gasteiger partial charge in [-0.3, -0.25) is 0 Å². The van der Waals surface area contributed by atoms with Gasteiger partial charge in [0.05, 0.1) is 0 Å². The van der Waals surface area contributed by atoms with Crippen molar-refractivity contribution < 1.29 is 0 Å². The Balaban J connectivity index is 1.38. The Kier molecular flexibility index (Phi) is 5.24. The van der Waals surface area contributed by atoms with Crippen molar-refractivity contribution in [1.29, 1.82) is 0 Å². The van der Waals surface area contributed by atoms with Gasteiger partial charge < -0.3 is 5.32 Å². The van der Waals surface area contributed by atoms with Crippen molar-refractivity contribution in [2.24, 2.45) is 0 Å². The van der Waals surface area contributed by atoms with E-state index in [-0.39, 0.29) is 0 Å². The zero-order chi connectivity index (χ0) is 20.3. The molecular weight excluding hydrogens is 477 g/mol. The van der Waals surface area contributed by atoms with Crippen molar-refractivity contribution in [1.82, 2.24) is 0 Å². The highest BCUT2D eigenvalue weighted by molar-refractivity contribution is 14.1. The molecule has 5 aromatic rings. The monoisotopic (exact) mass is 497 g/mol. The molecular formula is C28H20IN. The maximum atomic E-state index is 3.45. The standard InChI is InChI=1S/C28H20IN/c29-24-14-18-26(19-15-24)30-25-16-12-21(13-17-25)20-8-10-23(11-9-20)28-7-3-5-22-4-1-2-6-27(22)28/h1-19,30H. The highest BCUT2D eigenvalue weighted by Crippen LogP contribution is 2.31. The van der Waals surface area contributed by atoms with Crippen LogP contribution in [0, 0.1) is 3.57 Å². The largest absolute Gasteiger partial charge is 0.356 e. The zero-order valence-corrected chi connectivity index (χ0v) is 18.5. The van der Waals surface area contributed by atoms with Crippen LogP contribution in [-0.4, -0.2) is 0 Å². The van der Waals surface area contributed by atoms with Crippen molar-refractivity contribution in [2.75, 3.05) is 5.32 Å². The van der Waals surface area contributed by atoms with Gasteiger partial charge in [0.1, 0.15) is 0 Å². The molecule has 0 aliphatic carbocycles. The van der Waals surface area contributed by atoms with Crippen LogP contribution in [0.15, 0.2) is 115 Å². The van der Waals surface area contributed by atoms with Gasteiger partial charge in [0.2, 0.25) is 0 Å². The van der Waals surface area contributed by atoms with Crippen molar-refractivity contribution >= 4 is 44.7 Å². The molecule has 1 nitrogen and oxygen atoms in total. The van der Waals surface area contributed by atoms with Crippen molar-refractivity contribution in [3.63, 3.8) is 0 Å². The maximum Gasteiger partial charge on any atom is 0.0384 e. The van der Waals surface area contributed by atoms with Gasteiger partial charge in [-0.1, -0.05) is 78.9 Å². The molecule has 0 amide bonds. The summed E-state index contributed by atoms with van der Waals surface area (Å²) in [5.74, 6) is 0. The van der Waals surface area contributed by atoms with E-state index in [9.17, 15) is 0 Å². The summed E-state index contributed by atoms with van der Waals surface area (Å²) >= 11 is 2.32. The molecule has 0 heterocycles. The van der Waals surface area contributed by atoms with E-state index in [0.717, 1.165) is 11.4 Å². The van der Waals surface area contributed by atoms with E-state index in [4.69, 9.17) is 0 Å². The van der Waals surface area contributed by atoms with Gasteiger partial charge in [-0.15, -0.1) is 0 Å². The number of fused-ring (bicyclic) bond motifs is 1. The van der Waals surface area contributed by atoms with Gasteiger partial charge in [-0.05, 0) is 92.0 Å². The zero-order valence-electron chi connectivity index (χ0n) is 16.3. The van der Waals surface area contributed by atoms with Crippen LogP contribution in [0.2, 0.25) is 0 Å². The van der Waals surface area contributed by atoms with E-state index in [2.05, 4.69) is 143 Å². The minimum atomic E-state index is 1.09. The Morgan fingerprint density at radius 3 is 1.70 bits per heavy atom. The fourth-order valence-electron chi connectivity index (χ4n) is 3.77. The Morgan fingerprint density at radius 2 is 1.00 bits per heavy atom. The van der Waals surface area contributed by atoms with Crippen LogP contribution in [0.3, 0.4) is 0 Å². The lowest BCUT2D eigenvalue weighted by atomic mass is 9.96. The molecule has 0 atom stereocenters. The summed E-state index contributed by atoms with van der Waals surface area (Å²) < 4.78 is 1.24. The summed E-state index contributed by atoms with van der Waals surface area (Å²) in [5.41, 5.74) is 7.15. The third-order valence-electron chi connectivity index (χ3n) is 5.34. The second-order valence-corrected chi connectivity index (χ2v) is 8.56. The number of rotatable bonds is 4. The van der Waals surface area contributed by atoms with E-state index in [0.29, 0.717) is 0 Å². The molecule has 1 N–H and O–H groups in total. The highest BCUT2D eigenvalue weighted by Gasteiger charge is 2.05. The molecule has 5 rings (SSSR count). The maximum absolute atomic E-state index is 3.45. The minimum Gasteiger partial charge on any atom is -0.356 e. The summed E-state index contributed by atoms with van der Waals surface area (Å²) in [5, 5.41) is 6.02. The van der Waals surface area contributed by atoms with Crippen LogP contribution >= 0.6 is 22.6 Å². The van der Waals surface area contributed by atoms with E-state index in [1.807, 2.05) is 0 Å². The predicted molar refractivity (Wildman–Crippen MR) is 137 cm³/mol. The molecule has 5 aromatic carbocycles. The lowest BCUT2D eigenvalue weighted by molar-refractivity contribution is 1.53. The number of halogens is 1. The summed E-state index contributed by atoms with van der Waals surface area (Å²) in [6.07, 6.45) is 0. The van der Waals surface area contributed by atoms with Gasteiger partial charge in [0.15, 0.2) is 0 Å². The lowest BCUT2D eigenvalue weighted by Gasteiger charge is -2.10. The van der Waals surface area contributed by atoms with E-state index >= 15 is 0 Å². The second-order valence-electron chi connectivity index (χ2n) is 7.31. The normalized spacial score (nSPS) is 10.8. The van der Waals surface area contributed by atoms with Gasteiger partial charge in [0, 0.05) is 14.9 Å². The van der Waals surface area contributed by atoms with Crippen LogP contribution in [0.5, 0.6) is 0 Å². The number of hydrogen-bond acceptors (Lipinski definition) is 1. The Hall–Kier alpha value is -3.11. The smallest absolute Gasteiger partial charge is 0.0384 e. The van der Waals surface area contributed by atoms with Crippen molar-refractivity contribution in [3.8, 4) is 22.3 Å². The third kappa shape index (κ3) is 3.96. The van der Waals surface area contributed by atoms with Gasteiger partial charge >= 0.3 is 0 Å². The summed E-state index contributed by atoms with van der Waals surface area (Å²) in [7, 11) is 0. The third-order valence-corrected chi connectivity index (χ3v) is 6.06. The number of nitrogens with one attached hydrogen (secondary N) is 1. The SMILES string of the molecule is Ic1ccc(Nc2ccc(-c3ccc(-c4cccc5ccccc45)cc3)cc2)cc1. The molecule has 2 heteroatoms. The van der Waals surface area contributed by atoms with Crippen LogP contribution < -0.4 is 5.32 Å². The summed E-state index contributed by atoms with van der Waals surface area (Å²) in [6, 6.07) is 40.9. The molecule has 0 fully saturated rings. The van der Waals surface area contributed by atoms with Crippen LogP contribution in [0.25, 0.3) is 33.0 Å². The van der Waals surface area contributed by atoms with Gasteiger partial charge in [-0.2, -0.15) is 0 Å².